The second-order valence-electron chi connectivity index (χ2n) is 3.12. The summed E-state index contributed by atoms with van der Waals surface area (Å²) in [5.41, 5.74) is -2.79. The predicted octanol–water partition coefficient (Wildman–Crippen LogP) is 3.13. The van der Waals surface area contributed by atoms with E-state index in [9.17, 15) is 32.1 Å². The summed E-state index contributed by atoms with van der Waals surface area (Å²) >= 11 is 0. The molecule has 0 aliphatic heterocycles. The zero-order valence-electron chi connectivity index (χ0n) is 8.66. The van der Waals surface area contributed by atoms with Gasteiger partial charge in [0.25, 0.3) is 12.1 Å². The topological polar surface area (TPSA) is 65.3 Å². The Morgan fingerprint density at radius 1 is 1.44 bits per heavy atom. The molecule has 0 aliphatic rings. The molecule has 1 aromatic rings. The highest BCUT2D eigenvalue weighted by molar-refractivity contribution is 5.46. The lowest BCUT2D eigenvalue weighted by molar-refractivity contribution is -0.387. The van der Waals surface area contributed by atoms with E-state index in [-0.39, 0.29) is 0 Å². The molecule has 0 bridgehead atoms. The average Bonchev–Trinajstić information content (AvgIpc) is 2.12. The summed E-state index contributed by atoms with van der Waals surface area (Å²) in [6.07, 6.45) is -8.50. The van der Waals surface area contributed by atoms with Crippen LogP contribution in [0.5, 0.6) is 5.88 Å². The Labute approximate surface area is 96.3 Å². The van der Waals surface area contributed by atoms with Gasteiger partial charge in [0.05, 0.1) is 4.92 Å². The van der Waals surface area contributed by atoms with E-state index in [2.05, 4.69) is 9.72 Å². The summed E-state index contributed by atoms with van der Waals surface area (Å²) in [6, 6.07) is 0.567. The van der Waals surface area contributed by atoms with Crippen LogP contribution in [-0.2, 0) is 0 Å². The van der Waals surface area contributed by atoms with E-state index in [1.54, 1.807) is 0 Å². The minimum atomic E-state index is -5.12. The quantitative estimate of drug-likeness (QED) is 0.481. The Kier molecular flexibility index (Phi) is 3.67. The fourth-order valence-corrected chi connectivity index (χ4v) is 1.22. The maximum atomic E-state index is 12.5. The van der Waals surface area contributed by atoms with E-state index in [1.807, 2.05) is 0 Å². The van der Waals surface area contributed by atoms with E-state index < -0.39 is 40.5 Å². The highest BCUT2D eigenvalue weighted by Crippen LogP contribution is 2.33. The van der Waals surface area contributed by atoms with Crippen molar-refractivity contribution < 1.29 is 31.6 Å². The van der Waals surface area contributed by atoms with Crippen molar-refractivity contribution in [2.45, 2.75) is 19.7 Å². The number of hydrogen-bond acceptors (Lipinski definition) is 4. The van der Waals surface area contributed by atoms with Crippen molar-refractivity contribution in [1.29, 1.82) is 0 Å². The van der Waals surface area contributed by atoms with E-state index in [4.69, 9.17) is 0 Å². The molecule has 10 heteroatoms. The van der Waals surface area contributed by atoms with Crippen LogP contribution in [0.25, 0.3) is 0 Å². The lowest BCUT2D eigenvalue weighted by Crippen LogP contribution is -2.18. The standard InChI is InChI=1S/C8H5F5N2O3/c1-3-2-4(18-8(11,12)13)14-5(7(9)10)6(3)15(16)17/h2,7H,1H3. The van der Waals surface area contributed by atoms with Crippen molar-refractivity contribution in [1.82, 2.24) is 4.98 Å². The molecule has 0 saturated heterocycles. The first-order valence-corrected chi connectivity index (χ1v) is 4.31. The molecule has 1 rings (SSSR count). The number of pyridine rings is 1. The largest absolute Gasteiger partial charge is 0.574 e. The zero-order chi connectivity index (χ0) is 14.1. The number of nitrogens with zero attached hydrogens (tertiary/aromatic N) is 2. The van der Waals surface area contributed by atoms with E-state index in [1.165, 1.54) is 0 Å². The van der Waals surface area contributed by atoms with Gasteiger partial charge in [-0.05, 0) is 6.92 Å². The van der Waals surface area contributed by atoms with E-state index >= 15 is 0 Å². The van der Waals surface area contributed by atoms with Gasteiger partial charge in [-0.25, -0.2) is 13.8 Å². The number of alkyl halides is 5. The third-order valence-electron chi connectivity index (χ3n) is 1.80. The van der Waals surface area contributed by atoms with Gasteiger partial charge in [-0.1, -0.05) is 0 Å². The van der Waals surface area contributed by atoms with Crippen molar-refractivity contribution in [3.05, 3.63) is 27.4 Å². The highest BCUT2D eigenvalue weighted by Gasteiger charge is 2.34. The lowest BCUT2D eigenvalue weighted by atomic mass is 10.2. The van der Waals surface area contributed by atoms with Gasteiger partial charge in [0.15, 0.2) is 5.69 Å². The van der Waals surface area contributed by atoms with Crippen LogP contribution in [0.3, 0.4) is 0 Å². The molecule has 0 aliphatic carbocycles. The summed E-state index contributed by atoms with van der Waals surface area (Å²) in [6.45, 7) is 1.01. The van der Waals surface area contributed by atoms with Crippen LogP contribution in [0.4, 0.5) is 27.6 Å². The Balaban J connectivity index is 3.32. The monoisotopic (exact) mass is 272 g/mol. The van der Waals surface area contributed by atoms with Crippen molar-refractivity contribution >= 4 is 5.69 Å². The van der Waals surface area contributed by atoms with Gasteiger partial charge in [0, 0.05) is 11.6 Å². The number of halogens is 5. The molecule has 0 fully saturated rings. The number of aryl methyl sites for hydroxylation is 1. The second kappa shape index (κ2) is 4.70. The Morgan fingerprint density at radius 3 is 2.39 bits per heavy atom. The maximum absolute atomic E-state index is 12.5. The zero-order valence-corrected chi connectivity index (χ0v) is 8.66. The van der Waals surface area contributed by atoms with Gasteiger partial charge in [-0.3, -0.25) is 10.1 Å². The van der Waals surface area contributed by atoms with Crippen LogP contribution < -0.4 is 4.74 Å². The Hall–Kier alpha value is -2.00. The molecule has 1 aromatic heterocycles. The van der Waals surface area contributed by atoms with Gasteiger partial charge in [0.1, 0.15) is 0 Å². The summed E-state index contributed by atoms with van der Waals surface area (Å²) in [7, 11) is 0. The Morgan fingerprint density at radius 2 is 2.00 bits per heavy atom. The SMILES string of the molecule is Cc1cc(OC(F)(F)F)nc(C(F)F)c1[N+](=O)[O-]. The summed E-state index contributed by atoms with van der Waals surface area (Å²) in [5.74, 6) is -1.17. The molecule has 0 radical (unpaired) electrons. The molecule has 1 heterocycles. The van der Waals surface area contributed by atoms with Gasteiger partial charge in [0.2, 0.25) is 5.88 Å². The third kappa shape index (κ3) is 3.25. The van der Waals surface area contributed by atoms with Gasteiger partial charge in [-0.2, -0.15) is 0 Å². The fraction of sp³-hybridized carbons (Fsp3) is 0.375. The number of nitro groups is 1. The van der Waals surface area contributed by atoms with E-state index in [0.29, 0.717) is 6.07 Å². The number of rotatable bonds is 3. The summed E-state index contributed by atoms with van der Waals surface area (Å²) in [5, 5.41) is 10.5. The first-order chi connectivity index (χ1) is 8.11. The molecule has 18 heavy (non-hydrogen) atoms. The molecule has 0 N–H and O–H groups in total. The van der Waals surface area contributed by atoms with Crippen molar-refractivity contribution in [3.8, 4) is 5.88 Å². The summed E-state index contributed by atoms with van der Waals surface area (Å²) in [4.78, 5) is 12.2. The molecule has 0 aromatic carbocycles. The molecule has 0 saturated carbocycles. The third-order valence-corrected chi connectivity index (χ3v) is 1.80. The minimum absolute atomic E-state index is 0.399. The second-order valence-corrected chi connectivity index (χ2v) is 3.12. The molecule has 0 spiro atoms. The van der Waals surface area contributed by atoms with Crippen molar-refractivity contribution in [3.63, 3.8) is 0 Å². The molecule has 100 valence electrons. The van der Waals surface area contributed by atoms with Crippen LogP contribution >= 0.6 is 0 Å². The molecule has 0 atom stereocenters. The van der Waals surface area contributed by atoms with Crippen molar-refractivity contribution in [2.75, 3.05) is 0 Å². The van der Waals surface area contributed by atoms with Gasteiger partial charge in [-0.15, -0.1) is 13.2 Å². The average molecular weight is 272 g/mol. The van der Waals surface area contributed by atoms with Gasteiger partial charge >= 0.3 is 6.36 Å². The van der Waals surface area contributed by atoms with Crippen LogP contribution in [0.15, 0.2) is 6.07 Å². The van der Waals surface area contributed by atoms with Gasteiger partial charge < -0.3 is 4.74 Å². The summed E-state index contributed by atoms with van der Waals surface area (Å²) < 4.78 is 63.9. The van der Waals surface area contributed by atoms with Crippen LogP contribution in [0, 0.1) is 17.0 Å². The van der Waals surface area contributed by atoms with Crippen molar-refractivity contribution in [2.24, 2.45) is 0 Å². The van der Waals surface area contributed by atoms with Crippen LogP contribution in [-0.4, -0.2) is 16.3 Å². The molecule has 0 unspecified atom stereocenters. The first kappa shape index (κ1) is 14.1. The molecular weight excluding hydrogens is 267 g/mol. The van der Waals surface area contributed by atoms with E-state index in [0.717, 1.165) is 6.92 Å². The molecule has 5 nitrogen and oxygen atoms in total. The first-order valence-electron chi connectivity index (χ1n) is 4.31. The predicted molar refractivity (Wildman–Crippen MR) is 47.3 cm³/mol. The molecule has 0 amide bonds. The Bertz CT molecular complexity index is 475. The lowest BCUT2D eigenvalue weighted by Gasteiger charge is -2.10. The normalized spacial score (nSPS) is 11.7. The highest BCUT2D eigenvalue weighted by atomic mass is 19.4. The minimum Gasteiger partial charge on any atom is -0.388 e. The number of aromatic nitrogens is 1. The molecular formula is C8H5F5N2O3. The fourth-order valence-electron chi connectivity index (χ4n) is 1.22. The number of ether oxygens (including phenoxy) is 1. The number of hydrogen-bond donors (Lipinski definition) is 0. The maximum Gasteiger partial charge on any atom is 0.574 e. The van der Waals surface area contributed by atoms with Crippen LogP contribution in [0.1, 0.15) is 17.7 Å². The van der Waals surface area contributed by atoms with Crippen LogP contribution in [0.2, 0.25) is 0 Å². The smallest absolute Gasteiger partial charge is 0.388 e.